The van der Waals surface area contributed by atoms with E-state index in [1.165, 1.54) is 6.07 Å². The van der Waals surface area contributed by atoms with E-state index < -0.39 is 11.7 Å². The molecule has 1 aromatic carbocycles. The zero-order chi connectivity index (χ0) is 13.3. The number of anilines is 1. The van der Waals surface area contributed by atoms with Crippen molar-refractivity contribution in [3.05, 3.63) is 29.3 Å². The Bertz CT molecular complexity index is 488. The fraction of sp³-hybridized carbons (Fsp3) is 0.462. The smallest absolute Gasteiger partial charge is 0.369 e. The van der Waals surface area contributed by atoms with Crippen molar-refractivity contribution in [1.29, 1.82) is 5.26 Å². The van der Waals surface area contributed by atoms with E-state index in [2.05, 4.69) is 0 Å². The maximum absolute atomic E-state index is 12.8. The predicted molar refractivity (Wildman–Crippen MR) is 62.2 cm³/mol. The molecular formula is C13H13F3N2. The summed E-state index contributed by atoms with van der Waals surface area (Å²) in [5, 5.41) is 8.73. The molecule has 2 rings (SSSR count). The van der Waals surface area contributed by atoms with E-state index in [1.54, 1.807) is 12.1 Å². The third kappa shape index (κ3) is 2.28. The lowest BCUT2D eigenvalue weighted by molar-refractivity contribution is -0.137. The van der Waals surface area contributed by atoms with Crippen LogP contribution in [0.4, 0.5) is 18.9 Å². The molecule has 96 valence electrons. The second-order valence-electron chi connectivity index (χ2n) is 4.52. The highest BCUT2D eigenvalue weighted by Gasteiger charge is 2.34. The zero-order valence-corrected chi connectivity index (χ0v) is 9.96. The van der Waals surface area contributed by atoms with Gasteiger partial charge in [0.15, 0.2) is 0 Å². The van der Waals surface area contributed by atoms with E-state index in [-0.39, 0.29) is 11.6 Å². The lowest BCUT2D eigenvalue weighted by Crippen LogP contribution is -2.26. The van der Waals surface area contributed by atoms with E-state index in [0.29, 0.717) is 5.69 Å². The minimum atomic E-state index is -4.48. The Hall–Kier alpha value is -1.70. The largest absolute Gasteiger partial charge is 0.417 e. The molecule has 2 nitrogen and oxygen atoms in total. The standard InChI is InChI=1S/C13H13F3N2/c1-9-3-2-6-18(9)11-5-4-10(8-17)12(7-11)13(14,15)16/h4-5,7,9H,2-3,6H2,1H3/t9-/m1/s1. The topological polar surface area (TPSA) is 27.0 Å². The van der Waals surface area contributed by atoms with Gasteiger partial charge in [-0.05, 0) is 38.0 Å². The van der Waals surface area contributed by atoms with Crippen LogP contribution in [0.25, 0.3) is 0 Å². The normalized spacial score (nSPS) is 19.9. The average Bonchev–Trinajstić information content (AvgIpc) is 2.73. The Morgan fingerprint density at radius 2 is 2.11 bits per heavy atom. The summed E-state index contributed by atoms with van der Waals surface area (Å²) in [4.78, 5) is 1.95. The molecule has 0 bridgehead atoms. The van der Waals surface area contributed by atoms with Crippen LogP contribution in [-0.2, 0) is 6.18 Å². The molecule has 1 aliphatic heterocycles. The molecule has 0 radical (unpaired) electrons. The molecule has 0 unspecified atom stereocenters. The molecule has 1 heterocycles. The minimum absolute atomic E-state index is 0.249. The lowest BCUT2D eigenvalue weighted by Gasteiger charge is -2.25. The lowest BCUT2D eigenvalue weighted by atomic mass is 10.1. The van der Waals surface area contributed by atoms with Gasteiger partial charge in [0, 0.05) is 18.3 Å². The van der Waals surface area contributed by atoms with Crippen LogP contribution in [-0.4, -0.2) is 12.6 Å². The average molecular weight is 254 g/mol. The molecule has 1 aliphatic rings. The summed E-state index contributed by atoms with van der Waals surface area (Å²) in [6, 6.07) is 5.77. The van der Waals surface area contributed by atoms with Gasteiger partial charge in [0.2, 0.25) is 0 Å². The predicted octanol–water partition coefficient (Wildman–Crippen LogP) is 3.57. The van der Waals surface area contributed by atoms with Crippen LogP contribution in [0.1, 0.15) is 30.9 Å². The van der Waals surface area contributed by atoms with Gasteiger partial charge in [0.25, 0.3) is 0 Å². The summed E-state index contributed by atoms with van der Waals surface area (Å²) in [7, 11) is 0. The maximum Gasteiger partial charge on any atom is 0.417 e. The fourth-order valence-electron chi connectivity index (χ4n) is 2.36. The molecule has 0 N–H and O–H groups in total. The van der Waals surface area contributed by atoms with E-state index in [1.807, 2.05) is 11.8 Å². The number of nitrogens with zero attached hydrogens (tertiary/aromatic N) is 2. The van der Waals surface area contributed by atoms with Crippen molar-refractivity contribution in [2.45, 2.75) is 32.0 Å². The van der Waals surface area contributed by atoms with Crippen molar-refractivity contribution in [2.75, 3.05) is 11.4 Å². The fourth-order valence-corrected chi connectivity index (χ4v) is 2.36. The van der Waals surface area contributed by atoms with Crippen LogP contribution in [0.5, 0.6) is 0 Å². The second kappa shape index (κ2) is 4.52. The van der Waals surface area contributed by atoms with Gasteiger partial charge in [-0.15, -0.1) is 0 Å². The van der Waals surface area contributed by atoms with Gasteiger partial charge in [0.05, 0.1) is 17.2 Å². The van der Waals surface area contributed by atoms with E-state index in [0.717, 1.165) is 25.5 Å². The molecule has 1 atom stereocenters. The van der Waals surface area contributed by atoms with E-state index >= 15 is 0 Å². The number of alkyl halides is 3. The Morgan fingerprint density at radius 3 is 2.61 bits per heavy atom. The van der Waals surface area contributed by atoms with Gasteiger partial charge in [-0.1, -0.05) is 0 Å². The van der Waals surface area contributed by atoms with Crippen molar-refractivity contribution in [3.63, 3.8) is 0 Å². The Labute approximate surface area is 104 Å². The molecule has 0 aromatic heterocycles. The first-order chi connectivity index (χ1) is 8.43. The van der Waals surface area contributed by atoms with Gasteiger partial charge in [-0.2, -0.15) is 18.4 Å². The highest BCUT2D eigenvalue weighted by molar-refractivity contribution is 5.55. The van der Waals surface area contributed by atoms with Crippen molar-refractivity contribution < 1.29 is 13.2 Å². The summed E-state index contributed by atoms with van der Waals surface area (Å²) < 4.78 is 38.5. The van der Waals surface area contributed by atoms with Crippen LogP contribution in [0.2, 0.25) is 0 Å². The first-order valence-corrected chi connectivity index (χ1v) is 5.81. The van der Waals surface area contributed by atoms with Crippen molar-refractivity contribution in [1.82, 2.24) is 0 Å². The minimum Gasteiger partial charge on any atom is -0.369 e. The number of hydrogen-bond donors (Lipinski definition) is 0. The van der Waals surface area contributed by atoms with Gasteiger partial charge in [0.1, 0.15) is 0 Å². The molecule has 1 fully saturated rings. The zero-order valence-electron chi connectivity index (χ0n) is 9.96. The van der Waals surface area contributed by atoms with Crippen LogP contribution in [0.3, 0.4) is 0 Å². The van der Waals surface area contributed by atoms with Crippen molar-refractivity contribution in [2.24, 2.45) is 0 Å². The van der Waals surface area contributed by atoms with Crippen LogP contribution in [0.15, 0.2) is 18.2 Å². The van der Waals surface area contributed by atoms with Crippen LogP contribution in [0, 0.1) is 11.3 Å². The molecule has 1 aromatic rings. The molecule has 5 heteroatoms. The molecule has 0 aliphatic carbocycles. The van der Waals surface area contributed by atoms with E-state index in [4.69, 9.17) is 5.26 Å². The second-order valence-corrected chi connectivity index (χ2v) is 4.52. The first-order valence-electron chi connectivity index (χ1n) is 5.81. The molecular weight excluding hydrogens is 241 g/mol. The number of rotatable bonds is 1. The summed E-state index contributed by atoms with van der Waals surface area (Å²) in [5.74, 6) is 0. The monoisotopic (exact) mass is 254 g/mol. The maximum atomic E-state index is 12.8. The summed E-state index contributed by atoms with van der Waals surface area (Å²) in [6.45, 7) is 2.77. The Balaban J connectivity index is 2.44. The number of nitriles is 1. The van der Waals surface area contributed by atoms with Crippen LogP contribution < -0.4 is 4.90 Å². The SMILES string of the molecule is C[C@@H]1CCCN1c1ccc(C#N)c(C(F)(F)F)c1. The van der Waals surface area contributed by atoms with Gasteiger partial charge >= 0.3 is 6.18 Å². The molecule has 0 amide bonds. The highest BCUT2D eigenvalue weighted by Crippen LogP contribution is 2.35. The van der Waals surface area contributed by atoms with Crippen molar-refractivity contribution in [3.8, 4) is 6.07 Å². The third-order valence-electron chi connectivity index (χ3n) is 3.31. The van der Waals surface area contributed by atoms with Gasteiger partial charge < -0.3 is 4.90 Å². The third-order valence-corrected chi connectivity index (χ3v) is 3.31. The molecule has 18 heavy (non-hydrogen) atoms. The van der Waals surface area contributed by atoms with Gasteiger partial charge in [-0.3, -0.25) is 0 Å². The Kier molecular flexibility index (Phi) is 3.20. The quantitative estimate of drug-likeness (QED) is 0.766. The number of hydrogen-bond acceptors (Lipinski definition) is 2. The summed E-state index contributed by atoms with van der Waals surface area (Å²) in [5.41, 5.74) is -0.619. The first kappa shape index (κ1) is 12.7. The summed E-state index contributed by atoms with van der Waals surface area (Å²) in [6.07, 6.45) is -2.51. The highest BCUT2D eigenvalue weighted by atomic mass is 19.4. The Morgan fingerprint density at radius 1 is 1.39 bits per heavy atom. The summed E-state index contributed by atoms with van der Waals surface area (Å²) >= 11 is 0. The van der Waals surface area contributed by atoms with Gasteiger partial charge in [-0.25, -0.2) is 0 Å². The molecule has 0 saturated carbocycles. The number of benzene rings is 1. The van der Waals surface area contributed by atoms with Crippen molar-refractivity contribution >= 4 is 5.69 Å². The van der Waals surface area contributed by atoms with E-state index in [9.17, 15) is 13.2 Å². The number of halogens is 3. The molecule has 0 spiro atoms. The molecule has 1 saturated heterocycles. The van der Waals surface area contributed by atoms with Crippen LogP contribution >= 0.6 is 0 Å².